The number of phosphoric acid groups is 1. The number of carbonyl (C=O) groups excluding carboxylic acids is 2. The van der Waals surface area contributed by atoms with Crippen molar-refractivity contribution < 1.29 is 42.1 Å². The number of unbranched alkanes of at least 4 members (excludes halogenated alkanes) is 22. The zero-order valence-corrected chi connectivity index (χ0v) is 51.5. The van der Waals surface area contributed by atoms with E-state index in [4.69, 9.17) is 18.5 Å². The first-order chi connectivity index (χ1) is 38.0. The molecule has 0 radical (unpaired) electrons. The maximum absolute atomic E-state index is 12.8. The standard InChI is InChI=1S/C68H116NO8P/c1-6-8-10-12-14-16-18-20-21-22-23-24-25-26-27-28-29-30-31-32-33-34-35-36-37-38-39-40-41-42-43-44-45-46-47-49-51-53-55-57-59-61-68(71)77-66(65-76-78(72,73)75-63-62-69(3,4)5)64-74-67(70)60-58-56-54-52-50-48-19-17-15-13-11-9-7-2/h8-11,14-17,20-21,23-24,26-27,29-30,32-33,48,50,66H,6-7,12-13,18-19,22,25,28,31,34-47,49,51-65H2,1-5H3/b10-8-,11-9-,16-14-,17-15-,21-20-,24-23-,27-26-,30-29-,33-32-,50-48-. The number of carbonyl (C=O) groups is 2. The van der Waals surface area contributed by atoms with Crippen LogP contribution in [0.4, 0.5) is 0 Å². The van der Waals surface area contributed by atoms with Crippen molar-refractivity contribution in [3.63, 3.8) is 0 Å². The molecular weight excluding hydrogens is 990 g/mol. The molecule has 0 aromatic rings. The molecule has 10 heteroatoms. The highest BCUT2D eigenvalue weighted by Crippen LogP contribution is 2.38. The summed E-state index contributed by atoms with van der Waals surface area (Å²) in [5, 5.41) is 0. The molecule has 0 aromatic heterocycles. The summed E-state index contributed by atoms with van der Waals surface area (Å²) in [5.41, 5.74) is 0. The predicted octanol–water partition coefficient (Wildman–Crippen LogP) is 19.3. The number of allylic oxidation sites excluding steroid dienone is 20. The van der Waals surface area contributed by atoms with Gasteiger partial charge in [-0.15, -0.1) is 0 Å². The average molecular weight is 1110 g/mol. The van der Waals surface area contributed by atoms with Crippen LogP contribution in [0.25, 0.3) is 0 Å². The SMILES string of the molecule is CC/C=C\C/C=C\C/C=C\C/C=C\C/C=C\C/C=C\C/C=C\CCCCCCCCCCCCCCCCCCCCCC(=O)OC(COC(=O)CCCCC/C=C\C/C=C\C/C=C\CC)COP(=O)([O-])OCC[N+](C)(C)C. The quantitative estimate of drug-likeness (QED) is 0.0195. The van der Waals surface area contributed by atoms with Crippen molar-refractivity contribution >= 4 is 19.8 Å². The summed E-state index contributed by atoms with van der Waals surface area (Å²) < 4.78 is 34.1. The lowest BCUT2D eigenvalue weighted by Gasteiger charge is -2.28. The zero-order valence-electron chi connectivity index (χ0n) is 50.6. The van der Waals surface area contributed by atoms with Gasteiger partial charge in [-0.25, -0.2) is 0 Å². The van der Waals surface area contributed by atoms with E-state index in [9.17, 15) is 19.0 Å². The van der Waals surface area contributed by atoms with Crippen molar-refractivity contribution in [1.29, 1.82) is 0 Å². The smallest absolute Gasteiger partial charge is 0.306 e. The first kappa shape index (κ1) is 74.4. The molecular formula is C68H116NO8P. The molecule has 0 N–H and O–H groups in total. The summed E-state index contributed by atoms with van der Waals surface area (Å²) in [6, 6.07) is 0. The monoisotopic (exact) mass is 1110 g/mol. The Bertz CT molecular complexity index is 1730. The minimum absolute atomic E-state index is 0.0392. The molecule has 2 unspecified atom stereocenters. The van der Waals surface area contributed by atoms with Gasteiger partial charge >= 0.3 is 11.9 Å². The van der Waals surface area contributed by atoms with Gasteiger partial charge in [-0.2, -0.15) is 0 Å². The molecule has 0 spiro atoms. The second-order valence-electron chi connectivity index (χ2n) is 21.7. The van der Waals surface area contributed by atoms with Crippen molar-refractivity contribution in [2.24, 2.45) is 0 Å². The third-order valence-corrected chi connectivity index (χ3v) is 13.9. The number of nitrogens with zero attached hydrogens (tertiary/aromatic N) is 1. The fourth-order valence-electron chi connectivity index (χ4n) is 8.24. The van der Waals surface area contributed by atoms with Gasteiger partial charge < -0.3 is 27.9 Å². The van der Waals surface area contributed by atoms with E-state index in [1.165, 1.54) is 103 Å². The number of phosphoric ester groups is 1. The van der Waals surface area contributed by atoms with Gasteiger partial charge in [0.25, 0.3) is 7.82 Å². The van der Waals surface area contributed by atoms with Crippen molar-refractivity contribution in [3.05, 3.63) is 122 Å². The topological polar surface area (TPSA) is 111 Å². The lowest BCUT2D eigenvalue weighted by molar-refractivity contribution is -0.870. The molecule has 446 valence electrons. The summed E-state index contributed by atoms with van der Waals surface area (Å²) in [5.74, 6) is -0.869. The molecule has 0 aliphatic rings. The van der Waals surface area contributed by atoms with E-state index in [-0.39, 0.29) is 26.1 Å². The predicted molar refractivity (Wildman–Crippen MR) is 332 cm³/mol. The Labute approximate surface area is 479 Å². The Morgan fingerprint density at radius 3 is 1.04 bits per heavy atom. The van der Waals surface area contributed by atoms with Crippen LogP contribution in [0.3, 0.4) is 0 Å². The van der Waals surface area contributed by atoms with E-state index in [0.717, 1.165) is 103 Å². The normalized spacial score (nSPS) is 14.1. The van der Waals surface area contributed by atoms with Gasteiger partial charge in [0.1, 0.15) is 19.8 Å². The molecule has 0 amide bonds. The van der Waals surface area contributed by atoms with E-state index in [2.05, 4.69) is 135 Å². The van der Waals surface area contributed by atoms with Gasteiger partial charge in [0, 0.05) is 12.8 Å². The minimum atomic E-state index is -4.64. The number of rotatable bonds is 56. The summed E-state index contributed by atoms with van der Waals surface area (Å²) in [6.45, 7) is 3.97. The van der Waals surface area contributed by atoms with Crippen LogP contribution in [-0.2, 0) is 32.7 Å². The third kappa shape index (κ3) is 61.6. The maximum Gasteiger partial charge on any atom is 0.306 e. The van der Waals surface area contributed by atoms with Gasteiger partial charge in [-0.05, 0) is 103 Å². The molecule has 0 aliphatic heterocycles. The highest BCUT2D eigenvalue weighted by molar-refractivity contribution is 7.45. The minimum Gasteiger partial charge on any atom is -0.756 e. The molecule has 0 rings (SSSR count). The Hall–Kier alpha value is -3.59. The summed E-state index contributed by atoms with van der Waals surface area (Å²) in [4.78, 5) is 37.8. The highest BCUT2D eigenvalue weighted by Gasteiger charge is 2.22. The van der Waals surface area contributed by atoms with Crippen LogP contribution in [0.5, 0.6) is 0 Å². The number of ether oxygens (including phenoxy) is 2. The maximum atomic E-state index is 12.8. The molecule has 0 aliphatic carbocycles. The van der Waals surface area contributed by atoms with Crippen molar-refractivity contribution in [3.8, 4) is 0 Å². The van der Waals surface area contributed by atoms with Gasteiger partial charge in [0.05, 0.1) is 27.7 Å². The molecule has 78 heavy (non-hydrogen) atoms. The van der Waals surface area contributed by atoms with E-state index >= 15 is 0 Å². The van der Waals surface area contributed by atoms with Gasteiger partial charge in [0.2, 0.25) is 0 Å². The largest absolute Gasteiger partial charge is 0.756 e. The van der Waals surface area contributed by atoms with Gasteiger partial charge in [-0.1, -0.05) is 251 Å². The number of esters is 2. The zero-order chi connectivity index (χ0) is 57.0. The van der Waals surface area contributed by atoms with Crippen LogP contribution in [0, 0.1) is 0 Å². The Morgan fingerprint density at radius 1 is 0.397 bits per heavy atom. The van der Waals surface area contributed by atoms with E-state index in [0.29, 0.717) is 23.9 Å². The van der Waals surface area contributed by atoms with Crippen LogP contribution in [-0.4, -0.2) is 70.0 Å². The lowest BCUT2D eigenvalue weighted by atomic mass is 10.0. The summed E-state index contributed by atoms with van der Waals surface area (Å²) in [6.07, 6.45) is 82.9. The van der Waals surface area contributed by atoms with E-state index < -0.39 is 32.5 Å². The lowest BCUT2D eigenvalue weighted by Crippen LogP contribution is -2.37. The van der Waals surface area contributed by atoms with E-state index in [1.54, 1.807) is 0 Å². The number of hydrogen-bond acceptors (Lipinski definition) is 8. The van der Waals surface area contributed by atoms with Crippen molar-refractivity contribution in [2.75, 3.05) is 47.5 Å². The molecule has 9 nitrogen and oxygen atoms in total. The average Bonchev–Trinajstić information content (AvgIpc) is 3.40. The Morgan fingerprint density at radius 2 is 0.692 bits per heavy atom. The van der Waals surface area contributed by atoms with E-state index in [1.807, 2.05) is 21.1 Å². The second-order valence-corrected chi connectivity index (χ2v) is 23.1. The fourth-order valence-corrected chi connectivity index (χ4v) is 8.97. The number of likely N-dealkylation sites (N-methyl/N-ethyl adjacent to an activating group) is 1. The first-order valence-corrected chi connectivity index (χ1v) is 32.7. The first-order valence-electron chi connectivity index (χ1n) is 31.2. The van der Waals surface area contributed by atoms with Gasteiger partial charge in [0.15, 0.2) is 6.10 Å². The molecule has 0 saturated carbocycles. The molecule has 0 saturated heterocycles. The second kappa shape index (κ2) is 58.1. The molecule has 0 aromatic carbocycles. The number of quaternary nitrogens is 1. The Balaban J connectivity index is 3.95. The van der Waals surface area contributed by atoms with Crippen LogP contribution in [0.2, 0.25) is 0 Å². The molecule has 2 atom stereocenters. The van der Waals surface area contributed by atoms with Crippen molar-refractivity contribution in [2.45, 2.75) is 251 Å². The highest BCUT2D eigenvalue weighted by atomic mass is 31.2. The molecule has 0 heterocycles. The molecule has 0 fully saturated rings. The number of hydrogen-bond donors (Lipinski definition) is 0. The third-order valence-electron chi connectivity index (χ3n) is 13.0. The van der Waals surface area contributed by atoms with Crippen molar-refractivity contribution in [1.82, 2.24) is 0 Å². The molecule has 0 bridgehead atoms. The van der Waals surface area contributed by atoms with Crippen LogP contribution < -0.4 is 4.89 Å². The van der Waals surface area contributed by atoms with Crippen LogP contribution >= 0.6 is 7.82 Å². The van der Waals surface area contributed by atoms with Crippen LogP contribution in [0.1, 0.15) is 245 Å². The summed E-state index contributed by atoms with van der Waals surface area (Å²) >= 11 is 0. The fraction of sp³-hybridized carbons (Fsp3) is 0.676. The van der Waals surface area contributed by atoms with Gasteiger partial charge in [-0.3, -0.25) is 14.2 Å². The summed E-state index contributed by atoms with van der Waals surface area (Å²) in [7, 11) is 1.14. The Kier molecular flexibility index (Phi) is 55.4. The van der Waals surface area contributed by atoms with Crippen LogP contribution in [0.15, 0.2) is 122 Å².